The fourth-order valence-corrected chi connectivity index (χ4v) is 1.47. The van der Waals surface area contributed by atoms with Gasteiger partial charge in [0.05, 0.1) is 0 Å². The van der Waals surface area contributed by atoms with Crippen LogP contribution < -0.4 is 0 Å². The normalized spacial score (nSPS) is 11.0. The maximum atomic E-state index is 9.23. The molecule has 0 aliphatic rings. The van der Waals surface area contributed by atoms with Gasteiger partial charge in [0.25, 0.3) is 0 Å². The van der Waals surface area contributed by atoms with Gasteiger partial charge in [0.2, 0.25) is 0 Å². The highest BCUT2D eigenvalue weighted by molar-refractivity contribution is 5.50. The van der Waals surface area contributed by atoms with Crippen molar-refractivity contribution in [3.63, 3.8) is 0 Å². The number of aromatic hydroxyl groups is 1. The molecule has 1 radical (unpaired) electrons. The predicted molar refractivity (Wildman–Crippen MR) is 64.7 cm³/mol. The molecule has 81 valence electrons. The number of phenolic OH excluding ortho intramolecular Hbond substituents is 1. The maximum absolute atomic E-state index is 9.23. The van der Waals surface area contributed by atoms with Crippen molar-refractivity contribution < 1.29 is 5.11 Å². The van der Waals surface area contributed by atoms with Crippen LogP contribution in [-0.4, -0.2) is 5.11 Å². The molecule has 0 saturated carbocycles. The molecular weight excluding hydrogens is 184 g/mol. The van der Waals surface area contributed by atoms with Crippen molar-refractivity contribution in [3.8, 4) is 5.75 Å². The molecule has 0 aliphatic carbocycles. The van der Waals surface area contributed by atoms with Gasteiger partial charge in [-0.15, -0.1) is 0 Å². The monoisotopic (exact) mass is 203 g/mol. The minimum Gasteiger partial charge on any atom is -0.508 e. The average molecular weight is 203 g/mol. The summed E-state index contributed by atoms with van der Waals surface area (Å²) < 4.78 is 0. The molecule has 1 heteroatoms. The van der Waals surface area contributed by atoms with Gasteiger partial charge in [0.1, 0.15) is 5.75 Å². The molecule has 0 aliphatic heterocycles. The molecular formula is C14H19O. The number of allylic oxidation sites excluding steroid dienone is 1. The van der Waals surface area contributed by atoms with Crippen molar-refractivity contribution in [2.75, 3.05) is 0 Å². The van der Waals surface area contributed by atoms with Crippen LogP contribution in [0.4, 0.5) is 0 Å². The Balaban J connectivity index is 2.26. The molecule has 0 fully saturated rings. The third-order valence-electron chi connectivity index (χ3n) is 2.33. The number of hydrogen-bond donors (Lipinski definition) is 1. The second kappa shape index (κ2) is 7.10. The van der Waals surface area contributed by atoms with E-state index in [1.807, 2.05) is 6.08 Å². The standard InChI is InChI=1S/C14H19O/c1-2-3-4-5-6-7-9-13-10-8-11-14(15)12-13/h7-9,11-12,15H,2-6H2,1H3. The second-order valence-electron chi connectivity index (χ2n) is 3.75. The summed E-state index contributed by atoms with van der Waals surface area (Å²) in [4.78, 5) is 0. The molecule has 0 spiro atoms. The SMILES string of the molecule is CCCCCCC=Cc1[c]ccc(O)c1. The van der Waals surface area contributed by atoms with Crippen LogP contribution in [0.25, 0.3) is 6.08 Å². The second-order valence-corrected chi connectivity index (χ2v) is 3.75. The topological polar surface area (TPSA) is 20.2 Å². The Morgan fingerprint density at radius 2 is 2.20 bits per heavy atom. The zero-order valence-electron chi connectivity index (χ0n) is 9.37. The van der Waals surface area contributed by atoms with E-state index in [4.69, 9.17) is 0 Å². The summed E-state index contributed by atoms with van der Waals surface area (Å²) in [5.74, 6) is 0.305. The van der Waals surface area contributed by atoms with Crippen LogP contribution in [0.3, 0.4) is 0 Å². The summed E-state index contributed by atoms with van der Waals surface area (Å²) in [5.41, 5.74) is 0.950. The van der Waals surface area contributed by atoms with Gasteiger partial charge in [-0.2, -0.15) is 0 Å². The number of benzene rings is 1. The van der Waals surface area contributed by atoms with Gasteiger partial charge >= 0.3 is 0 Å². The summed E-state index contributed by atoms with van der Waals surface area (Å²) in [6.45, 7) is 2.22. The lowest BCUT2D eigenvalue weighted by Crippen LogP contribution is -1.75. The van der Waals surface area contributed by atoms with Crippen molar-refractivity contribution >= 4 is 6.08 Å². The highest BCUT2D eigenvalue weighted by Gasteiger charge is 1.89. The van der Waals surface area contributed by atoms with E-state index in [9.17, 15) is 5.11 Å². The largest absolute Gasteiger partial charge is 0.508 e. The highest BCUT2D eigenvalue weighted by atomic mass is 16.3. The van der Waals surface area contributed by atoms with E-state index < -0.39 is 0 Å². The maximum Gasteiger partial charge on any atom is 0.116 e. The Bertz CT molecular complexity index is 302. The summed E-state index contributed by atoms with van der Waals surface area (Å²) in [6, 6.07) is 8.17. The molecule has 0 amide bonds. The van der Waals surface area contributed by atoms with E-state index in [-0.39, 0.29) is 0 Å². The van der Waals surface area contributed by atoms with Crippen LogP contribution in [0.1, 0.15) is 44.6 Å². The first-order valence-electron chi connectivity index (χ1n) is 5.70. The first-order valence-corrected chi connectivity index (χ1v) is 5.70. The molecule has 1 aromatic carbocycles. The smallest absolute Gasteiger partial charge is 0.116 e. The van der Waals surface area contributed by atoms with E-state index in [0.717, 1.165) is 12.0 Å². The van der Waals surface area contributed by atoms with Crippen molar-refractivity contribution in [1.29, 1.82) is 0 Å². The summed E-state index contributed by atoms with van der Waals surface area (Å²) >= 11 is 0. The van der Waals surface area contributed by atoms with Gasteiger partial charge in [-0.1, -0.05) is 44.4 Å². The van der Waals surface area contributed by atoms with E-state index in [1.165, 1.54) is 25.7 Å². The fourth-order valence-electron chi connectivity index (χ4n) is 1.47. The Morgan fingerprint density at radius 3 is 2.93 bits per heavy atom. The minimum absolute atomic E-state index is 0.305. The van der Waals surface area contributed by atoms with Gasteiger partial charge < -0.3 is 5.11 Å². The number of unbranched alkanes of at least 4 members (excludes halogenated alkanes) is 4. The number of hydrogen-bond acceptors (Lipinski definition) is 1. The molecule has 0 saturated heterocycles. The zero-order chi connectivity index (χ0) is 10.9. The van der Waals surface area contributed by atoms with Crippen LogP contribution in [-0.2, 0) is 0 Å². The van der Waals surface area contributed by atoms with Crippen LogP contribution >= 0.6 is 0 Å². The molecule has 1 aromatic rings. The molecule has 1 N–H and O–H groups in total. The third kappa shape index (κ3) is 5.26. The molecule has 1 nitrogen and oxygen atoms in total. The van der Waals surface area contributed by atoms with E-state index in [0.29, 0.717) is 5.75 Å². The average Bonchev–Trinajstić information content (AvgIpc) is 2.23. The molecule has 15 heavy (non-hydrogen) atoms. The van der Waals surface area contributed by atoms with Gasteiger partial charge in [-0.05, 0) is 36.6 Å². The lowest BCUT2D eigenvalue weighted by molar-refractivity contribution is 0.475. The van der Waals surface area contributed by atoms with Crippen LogP contribution in [0, 0.1) is 6.07 Å². The predicted octanol–water partition coefficient (Wildman–Crippen LogP) is 4.18. The molecule has 0 aromatic heterocycles. The first-order chi connectivity index (χ1) is 7.33. The van der Waals surface area contributed by atoms with E-state index in [1.54, 1.807) is 18.2 Å². The van der Waals surface area contributed by atoms with Gasteiger partial charge in [0.15, 0.2) is 0 Å². The number of phenols is 1. The summed E-state index contributed by atoms with van der Waals surface area (Å²) in [6.07, 6.45) is 10.5. The number of rotatable bonds is 6. The van der Waals surface area contributed by atoms with Gasteiger partial charge in [0, 0.05) is 0 Å². The van der Waals surface area contributed by atoms with Crippen LogP contribution in [0.15, 0.2) is 24.3 Å². The minimum atomic E-state index is 0.305. The Labute approximate surface area is 92.5 Å². The van der Waals surface area contributed by atoms with Crippen molar-refractivity contribution in [2.24, 2.45) is 0 Å². The molecule has 1 rings (SSSR count). The third-order valence-corrected chi connectivity index (χ3v) is 2.33. The Kier molecular flexibility index (Phi) is 5.60. The summed E-state index contributed by atoms with van der Waals surface area (Å²) in [7, 11) is 0. The van der Waals surface area contributed by atoms with Crippen molar-refractivity contribution in [1.82, 2.24) is 0 Å². The van der Waals surface area contributed by atoms with Crippen LogP contribution in [0.2, 0.25) is 0 Å². The van der Waals surface area contributed by atoms with E-state index in [2.05, 4.69) is 19.1 Å². The fraction of sp³-hybridized carbons (Fsp3) is 0.429. The Morgan fingerprint density at radius 1 is 1.33 bits per heavy atom. The quantitative estimate of drug-likeness (QED) is 0.688. The lowest BCUT2D eigenvalue weighted by Gasteiger charge is -1.95. The highest BCUT2D eigenvalue weighted by Crippen LogP contribution is 2.12. The van der Waals surface area contributed by atoms with Gasteiger partial charge in [-0.25, -0.2) is 0 Å². The van der Waals surface area contributed by atoms with Crippen LogP contribution in [0.5, 0.6) is 5.75 Å². The summed E-state index contributed by atoms with van der Waals surface area (Å²) in [5, 5.41) is 9.23. The molecule has 0 atom stereocenters. The van der Waals surface area contributed by atoms with Gasteiger partial charge in [-0.3, -0.25) is 0 Å². The van der Waals surface area contributed by atoms with Crippen molar-refractivity contribution in [2.45, 2.75) is 39.0 Å². The molecule has 0 unspecified atom stereocenters. The molecule has 0 heterocycles. The first kappa shape index (κ1) is 11.8. The Hall–Kier alpha value is -1.24. The van der Waals surface area contributed by atoms with E-state index >= 15 is 0 Å². The molecule has 0 bridgehead atoms. The zero-order valence-corrected chi connectivity index (χ0v) is 9.37. The van der Waals surface area contributed by atoms with Crippen molar-refractivity contribution in [3.05, 3.63) is 35.9 Å². The lowest BCUT2D eigenvalue weighted by atomic mass is 10.1.